The van der Waals surface area contributed by atoms with Crippen molar-refractivity contribution in [3.05, 3.63) is 41.2 Å². The first-order chi connectivity index (χ1) is 8.74. The molecule has 1 aromatic heterocycles. The van der Waals surface area contributed by atoms with Gasteiger partial charge in [0.15, 0.2) is 0 Å². The molecule has 18 heavy (non-hydrogen) atoms. The van der Waals surface area contributed by atoms with Crippen molar-refractivity contribution < 1.29 is 9.18 Å². The highest BCUT2D eigenvalue weighted by Gasteiger charge is 2.05. The monoisotopic (exact) mass is 283 g/mol. The third-order valence-electron chi connectivity index (χ3n) is 2.02. The molecular formula is C11H10FN3OS2. The van der Waals surface area contributed by atoms with E-state index in [-0.39, 0.29) is 11.7 Å². The summed E-state index contributed by atoms with van der Waals surface area (Å²) in [4.78, 5) is 11.5. The molecule has 2 aromatic rings. The van der Waals surface area contributed by atoms with Crippen LogP contribution in [-0.4, -0.2) is 21.9 Å². The van der Waals surface area contributed by atoms with E-state index in [0.29, 0.717) is 16.6 Å². The van der Waals surface area contributed by atoms with Crippen LogP contribution in [0.4, 0.5) is 9.52 Å². The van der Waals surface area contributed by atoms with Crippen molar-refractivity contribution >= 4 is 34.1 Å². The minimum absolute atomic E-state index is 0.112. The number of rotatable bonds is 5. The van der Waals surface area contributed by atoms with Gasteiger partial charge in [0, 0.05) is 5.75 Å². The largest absolute Gasteiger partial charge is 0.300 e. The molecule has 7 heteroatoms. The van der Waals surface area contributed by atoms with E-state index >= 15 is 0 Å². The molecule has 2 rings (SSSR count). The Morgan fingerprint density at radius 1 is 1.39 bits per heavy atom. The topological polar surface area (TPSA) is 54.9 Å². The van der Waals surface area contributed by atoms with Crippen LogP contribution in [0, 0.1) is 5.82 Å². The molecule has 0 fully saturated rings. The average Bonchev–Trinajstić information content (AvgIpc) is 2.84. The molecule has 0 aliphatic rings. The average molecular weight is 283 g/mol. The predicted molar refractivity (Wildman–Crippen MR) is 71.1 cm³/mol. The number of aromatic nitrogens is 2. The molecule has 0 spiro atoms. The fraction of sp³-hybridized carbons (Fsp3) is 0.182. The number of hydrogen-bond donors (Lipinski definition) is 1. The van der Waals surface area contributed by atoms with Gasteiger partial charge in [0.25, 0.3) is 0 Å². The van der Waals surface area contributed by atoms with Gasteiger partial charge in [0.1, 0.15) is 11.3 Å². The number of carbonyl (C=O) groups excluding carboxylic acids is 1. The molecule has 0 saturated carbocycles. The Balaban J connectivity index is 1.72. The zero-order valence-electron chi connectivity index (χ0n) is 9.30. The van der Waals surface area contributed by atoms with Crippen molar-refractivity contribution in [2.45, 2.75) is 5.75 Å². The van der Waals surface area contributed by atoms with Gasteiger partial charge in [-0.05, 0) is 17.7 Å². The lowest BCUT2D eigenvalue weighted by molar-refractivity contribution is -0.113. The molecule has 0 aliphatic carbocycles. The summed E-state index contributed by atoms with van der Waals surface area (Å²) in [6, 6.07) is 6.25. The van der Waals surface area contributed by atoms with E-state index < -0.39 is 0 Å². The lowest BCUT2D eigenvalue weighted by atomic mass is 10.2. The number of amides is 1. The Morgan fingerprint density at radius 2 is 2.17 bits per heavy atom. The van der Waals surface area contributed by atoms with E-state index in [1.54, 1.807) is 17.6 Å². The number of nitrogens with zero attached hydrogens (tertiary/aromatic N) is 2. The van der Waals surface area contributed by atoms with Crippen LogP contribution in [-0.2, 0) is 10.5 Å². The van der Waals surface area contributed by atoms with Crippen molar-refractivity contribution in [1.29, 1.82) is 0 Å². The first-order valence-electron chi connectivity index (χ1n) is 5.12. The van der Waals surface area contributed by atoms with Gasteiger partial charge < -0.3 is 0 Å². The molecule has 0 saturated heterocycles. The zero-order chi connectivity index (χ0) is 12.8. The minimum Gasteiger partial charge on any atom is -0.300 e. The summed E-state index contributed by atoms with van der Waals surface area (Å²) in [6.45, 7) is 0. The smallest absolute Gasteiger partial charge is 0.236 e. The fourth-order valence-electron chi connectivity index (χ4n) is 1.23. The standard InChI is InChI=1S/C11H10FN3OS2/c12-9-3-1-8(2-4-9)5-17-6-10(16)14-11-15-13-7-18-11/h1-4,7H,5-6H2,(H,14,15,16). The first kappa shape index (κ1) is 13.0. The van der Waals surface area contributed by atoms with Crippen LogP contribution in [0.2, 0.25) is 0 Å². The summed E-state index contributed by atoms with van der Waals surface area (Å²) < 4.78 is 12.7. The zero-order valence-corrected chi connectivity index (χ0v) is 10.9. The number of thioether (sulfide) groups is 1. The molecule has 0 radical (unpaired) electrons. The van der Waals surface area contributed by atoms with E-state index in [0.717, 1.165) is 5.56 Å². The Hall–Kier alpha value is -1.47. The number of benzene rings is 1. The second-order valence-electron chi connectivity index (χ2n) is 3.41. The van der Waals surface area contributed by atoms with Gasteiger partial charge in [0.2, 0.25) is 11.0 Å². The van der Waals surface area contributed by atoms with Crippen LogP contribution in [0.5, 0.6) is 0 Å². The van der Waals surface area contributed by atoms with Crippen molar-refractivity contribution in [1.82, 2.24) is 10.2 Å². The van der Waals surface area contributed by atoms with Crippen LogP contribution in [0.25, 0.3) is 0 Å². The summed E-state index contributed by atoms with van der Waals surface area (Å²) in [5, 5.41) is 10.5. The first-order valence-corrected chi connectivity index (χ1v) is 7.15. The van der Waals surface area contributed by atoms with Gasteiger partial charge in [0.05, 0.1) is 5.75 Å². The second-order valence-corrected chi connectivity index (χ2v) is 5.23. The van der Waals surface area contributed by atoms with Crippen LogP contribution >= 0.6 is 23.1 Å². The van der Waals surface area contributed by atoms with Crippen molar-refractivity contribution in [2.75, 3.05) is 11.1 Å². The molecule has 0 bridgehead atoms. The molecule has 1 N–H and O–H groups in total. The third kappa shape index (κ3) is 4.08. The molecule has 0 unspecified atom stereocenters. The molecule has 94 valence electrons. The number of nitrogens with one attached hydrogen (secondary N) is 1. The predicted octanol–water partition coefficient (Wildman–Crippen LogP) is 2.55. The Labute approximate surface area is 112 Å². The van der Waals surface area contributed by atoms with Crippen molar-refractivity contribution in [2.24, 2.45) is 0 Å². The maximum absolute atomic E-state index is 12.7. The highest BCUT2D eigenvalue weighted by Crippen LogP contribution is 2.14. The van der Waals surface area contributed by atoms with Crippen molar-refractivity contribution in [3.8, 4) is 0 Å². The van der Waals surface area contributed by atoms with Gasteiger partial charge in [-0.1, -0.05) is 23.5 Å². The van der Waals surface area contributed by atoms with Crippen LogP contribution in [0.1, 0.15) is 5.56 Å². The number of hydrogen-bond acceptors (Lipinski definition) is 5. The van der Waals surface area contributed by atoms with E-state index in [1.807, 2.05) is 0 Å². The Kier molecular flexibility index (Phi) is 4.66. The SMILES string of the molecule is O=C(CSCc1ccc(F)cc1)Nc1nncs1. The van der Waals surface area contributed by atoms with E-state index in [4.69, 9.17) is 0 Å². The molecule has 0 aliphatic heterocycles. The molecule has 1 aromatic carbocycles. The maximum Gasteiger partial charge on any atom is 0.236 e. The quantitative estimate of drug-likeness (QED) is 0.916. The van der Waals surface area contributed by atoms with Crippen molar-refractivity contribution in [3.63, 3.8) is 0 Å². The van der Waals surface area contributed by atoms with E-state index in [9.17, 15) is 9.18 Å². The maximum atomic E-state index is 12.7. The summed E-state index contributed by atoms with van der Waals surface area (Å²) in [5.41, 5.74) is 2.55. The number of carbonyl (C=O) groups is 1. The highest BCUT2D eigenvalue weighted by molar-refractivity contribution is 7.99. The Morgan fingerprint density at radius 3 is 2.83 bits per heavy atom. The number of halogens is 1. The van der Waals surface area contributed by atoms with Gasteiger partial charge in [-0.2, -0.15) is 0 Å². The molecular weight excluding hydrogens is 273 g/mol. The third-order valence-corrected chi connectivity index (χ3v) is 3.63. The molecule has 0 atom stereocenters. The van der Waals surface area contributed by atoms with Gasteiger partial charge >= 0.3 is 0 Å². The molecule has 1 heterocycles. The van der Waals surface area contributed by atoms with Crippen LogP contribution in [0.3, 0.4) is 0 Å². The summed E-state index contributed by atoms with van der Waals surface area (Å²) >= 11 is 2.74. The highest BCUT2D eigenvalue weighted by atomic mass is 32.2. The van der Waals surface area contributed by atoms with E-state index in [1.165, 1.54) is 35.2 Å². The van der Waals surface area contributed by atoms with Gasteiger partial charge in [-0.25, -0.2) is 4.39 Å². The minimum atomic E-state index is -0.252. The second kappa shape index (κ2) is 6.46. The summed E-state index contributed by atoms with van der Waals surface area (Å²) in [5.74, 6) is 0.637. The summed E-state index contributed by atoms with van der Waals surface area (Å²) in [6.07, 6.45) is 0. The lowest BCUT2D eigenvalue weighted by Crippen LogP contribution is -2.13. The van der Waals surface area contributed by atoms with E-state index in [2.05, 4.69) is 15.5 Å². The fourth-order valence-corrected chi connectivity index (χ4v) is 2.47. The van der Waals surface area contributed by atoms with Gasteiger partial charge in [-0.3, -0.25) is 10.1 Å². The van der Waals surface area contributed by atoms with Crippen LogP contribution in [0.15, 0.2) is 29.8 Å². The lowest BCUT2D eigenvalue weighted by Gasteiger charge is -2.02. The molecule has 1 amide bonds. The molecule has 4 nitrogen and oxygen atoms in total. The number of anilines is 1. The summed E-state index contributed by atoms with van der Waals surface area (Å²) in [7, 11) is 0. The Bertz CT molecular complexity index is 502. The van der Waals surface area contributed by atoms with Crippen LogP contribution < -0.4 is 5.32 Å². The normalized spacial score (nSPS) is 10.3. The van der Waals surface area contributed by atoms with Gasteiger partial charge in [-0.15, -0.1) is 22.0 Å².